The zero-order valence-electron chi connectivity index (χ0n) is 11.4. The van der Waals surface area contributed by atoms with Crippen LogP contribution in [0.3, 0.4) is 0 Å². The second kappa shape index (κ2) is 5.94. The molecule has 0 N–H and O–H groups in total. The lowest BCUT2D eigenvalue weighted by atomic mass is 9.97. The number of sulfonamides is 1. The molecule has 5 heteroatoms. The van der Waals surface area contributed by atoms with Gasteiger partial charge in [0.1, 0.15) is 0 Å². The Balaban J connectivity index is 2.31. The second-order valence-corrected chi connectivity index (χ2v) is 7.97. The number of hydrogen-bond acceptors (Lipinski definition) is 2. The van der Waals surface area contributed by atoms with Crippen molar-refractivity contribution in [1.29, 1.82) is 0 Å². The quantitative estimate of drug-likeness (QED) is 0.839. The van der Waals surface area contributed by atoms with Crippen LogP contribution in [-0.2, 0) is 10.0 Å². The number of benzene rings is 1. The summed E-state index contributed by atoms with van der Waals surface area (Å²) in [5.41, 5.74) is 1.05. The molecule has 0 bridgehead atoms. The van der Waals surface area contributed by atoms with Gasteiger partial charge in [0.25, 0.3) is 0 Å². The fraction of sp³-hybridized carbons (Fsp3) is 0.571. The molecule has 1 unspecified atom stereocenters. The fourth-order valence-electron chi connectivity index (χ4n) is 2.53. The lowest BCUT2D eigenvalue weighted by Gasteiger charge is -2.31. The summed E-state index contributed by atoms with van der Waals surface area (Å²) in [5.74, 6) is 0.493. The Morgan fingerprint density at radius 1 is 1.42 bits per heavy atom. The normalized spacial score (nSPS) is 21.5. The van der Waals surface area contributed by atoms with Crippen molar-refractivity contribution >= 4 is 26.0 Å². The standard InChI is InChI=1S/C14H20BrNO2S/c1-3-12-5-4-8-16(10-12)19(17,18)14-7-6-11(2)9-13(14)15/h6-7,9,12H,3-5,8,10H2,1-2H3. The molecule has 0 amide bonds. The van der Waals surface area contributed by atoms with Crippen LogP contribution in [0.4, 0.5) is 0 Å². The summed E-state index contributed by atoms with van der Waals surface area (Å²) in [4.78, 5) is 0.384. The molecule has 106 valence electrons. The molecule has 0 radical (unpaired) electrons. The van der Waals surface area contributed by atoms with Gasteiger partial charge in [-0.2, -0.15) is 4.31 Å². The lowest BCUT2D eigenvalue weighted by Crippen LogP contribution is -2.39. The molecule has 0 spiro atoms. The maximum atomic E-state index is 12.7. The van der Waals surface area contributed by atoms with Crippen molar-refractivity contribution in [2.45, 2.75) is 38.0 Å². The predicted octanol–water partition coefficient (Wildman–Crippen LogP) is 3.57. The number of nitrogens with zero attached hydrogens (tertiary/aromatic N) is 1. The molecule has 0 saturated carbocycles. The van der Waals surface area contributed by atoms with Crippen molar-refractivity contribution in [1.82, 2.24) is 4.31 Å². The Hall–Kier alpha value is -0.390. The summed E-state index contributed by atoms with van der Waals surface area (Å²) in [6.45, 7) is 5.37. The molecule has 0 aromatic heterocycles. The minimum absolute atomic E-state index is 0.384. The van der Waals surface area contributed by atoms with Gasteiger partial charge in [-0.3, -0.25) is 0 Å². The number of piperidine rings is 1. The molecule has 1 aromatic rings. The summed E-state index contributed by atoms with van der Waals surface area (Å²) in [6, 6.07) is 5.40. The van der Waals surface area contributed by atoms with Crippen molar-refractivity contribution in [2.75, 3.05) is 13.1 Å². The molecule has 1 aliphatic heterocycles. The van der Waals surface area contributed by atoms with Crippen LogP contribution < -0.4 is 0 Å². The Bertz CT molecular complexity index is 557. The van der Waals surface area contributed by atoms with Crippen LogP contribution in [0, 0.1) is 12.8 Å². The largest absolute Gasteiger partial charge is 0.244 e. The summed E-state index contributed by atoms with van der Waals surface area (Å²) >= 11 is 3.38. The van der Waals surface area contributed by atoms with Gasteiger partial charge in [0.2, 0.25) is 10.0 Å². The van der Waals surface area contributed by atoms with E-state index in [0.29, 0.717) is 28.4 Å². The summed E-state index contributed by atoms with van der Waals surface area (Å²) in [5, 5.41) is 0. The van der Waals surface area contributed by atoms with E-state index in [0.717, 1.165) is 24.8 Å². The first kappa shape index (κ1) is 15.0. The van der Waals surface area contributed by atoms with E-state index in [1.54, 1.807) is 10.4 Å². The van der Waals surface area contributed by atoms with Gasteiger partial charge in [-0.25, -0.2) is 8.42 Å². The van der Waals surface area contributed by atoms with Crippen LogP contribution in [0.25, 0.3) is 0 Å². The Morgan fingerprint density at radius 3 is 2.79 bits per heavy atom. The van der Waals surface area contributed by atoms with Crippen LogP contribution in [0.5, 0.6) is 0 Å². The minimum Gasteiger partial charge on any atom is -0.207 e. The van der Waals surface area contributed by atoms with Gasteiger partial charge in [0, 0.05) is 17.6 Å². The molecule has 1 atom stereocenters. The number of rotatable bonds is 3. The monoisotopic (exact) mass is 345 g/mol. The van der Waals surface area contributed by atoms with Gasteiger partial charge >= 0.3 is 0 Å². The Labute approximate surface area is 124 Å². The topological polar surface area (TPSA) is 37.4 Å². The summed E-state index contributed by atoms with van der Waals surface area (Å²) in [7, 11) is -3.37. The first-order chi connectivity index (χ1) is 8.95. The van der Waals surface area contributed by atoms with Crippen molar-refractivity contribution in [3.63, 3.8) is 0 Å². The molecule has 1 saturated heterocycles. The van der Waals surface area contributed by atoms with E-state index >= 15 is 0 Å². The minimum atomic E-state index is -3.37. The maximum absolute atomic E-state index is 12.7. The van der Waals surface area contributed by atoms with E-state index < -0.39 is 10.0 Å². The first-order valence-corrected chi connectivity index (χ1v) is 8.94. The van der Waals surface area contributed by atoms with Crippen molar-refractivity contribution in [3.05, 3.63) is 28.2 Å². The highest BCUT2D eigenvalue weighted by Gasteiger charge is 2.30. The number of aryl methyl sites for hydroxylation is 1. The third-order valence-electron chi connectivity index (χ3n) is 3.76. The van der Waals surface area contributed by atoms with Crippen LogP contribution in [0.15, 0.2) is 27.6 Å². The predicted molar refractivity (Wildman–Crippen MR) is 80.7 cm³/mol. The fourth-order valence-corrected chi connectivity index (χ4v) is 5.24. The summed E-state index contributed by atoms with van der Waals surface area (Å²) < 4.78 is 27.7. The SMILES string of the molecule is CCC1CCCN(S(=O)(=O)c2ccc(C)cc2Br)C1. The number of halogens is 1. The zero-order valence-corrected chi connectivity index (χ0v) is 13.8. The third kappa shape index (κ3) is 3.20. The molecular formula is C14H20BrNO2S. The molecule has 1 aliphatic rings. The Kier molecular flexibility index (Phi) is 4.69. The number of hydrogen-bond donors (Lipinski definition) is 0. The van der Waals surface area contributed by atoms with Gasteiger partial charge in [-0.1, -0.05) is 19.4 Å². The van der Waals surface area contributed by atoms with Gasteiger partial charge in [-0.15, -0.1) is 0 Å². The third-order valence-corrected chi connectivity index (χ3v) is 6.61. The molecule has 2 rings (SSSR count). The average molecular weight is 346 g/mol. The zero-order chi connectivity index (χ0) is 14.0. The van der Waals surface area contributed by atoms with E-state index in [-0.39, 0.29) is 0 Å². The van der Waals surface area contributed by atoms with Gasteiger partial charge < -0.3 is 0 Å². The van der Waals surface area contributed by atoms with E-state index in [2.05, 4.69) is 22.9 Å². The van der Waals surface area contributed by atoms with Crippen molar-refractivity contribution in [2.24, 2.45) is 5.92 Å². The highest BCUT2D eigenvalue weighted by atomic mass is 79.9. The molecule has 1 fully saturated rings. The van der Waals surface area contributed by atoms with Crippen LogP contribution in [0.2, 0.25) is 0 Å². The first-order valence-electron chi connectivity index (χ1n) is 6.71. The molecule has 0 aliphatic carbocycles. The van der Waals surface area contributed by atoms with Crippen LogP contribution >= 0.6 is 15.9 Å². The smallest absolute Gasteiger partial charge is 0.207 e. The van der Waals surface area contributed by atoms with Crippen molar-refractivity contribution < 1.29 is 8.42 Å². The molecule has 1 heterocycles. The highest BCUT2D eigenvalue weighted by molar-refractivity contribution is 9.10. The maximum Gasteiger partial charge on any atom is 0.244 e. The summed E-state index contributed by atoms with van der Waals surface area (Å²) in [6.07, 6.45) is 3.14. The average Bonchev–Trinajstić information content (AvgIpc) is 2.38. The molecular weight excluding hydrogens is 326 g/mol. The lowest BCUT2D eigenvalue weighted by molar-refractivity contribution is 0.261. The van der Waals surface area contributed by atoms with Gasteiger partial charge in [-0.05, 0) is 59.3 Å². The van der Waals surface area contributed by atoms with Gasteiger partial charge in [0.15, 0.2) is 0 Å². The van der Waals surface area contributed by atoms with Gasteiger partial charge in [0.05, 0.1) is 4.90 Å². The van der Waals surface area contributed by atoms with Crippen LogP contribution in [-0.4, -0.2) is 25.8 Å². The van der Waals surface area contributed by atoms with E-state index in [1.807, 2.05) is 19.1 Å². The Morgan fingerprint density at radius 2 is 2.16 bits per heavy atom. The van der Waals surface area contributed by atoms with Crippen molar-refractivity contribution in [3.8, 4) is 0 Å². The van der Waals surface area contributed by atoms with E-state index in [1.165, 1.54) is 0 Å². The highest BCUT2D eigenvalue weighted by Crippen LogP contribution is 2.29. The molecule has 19 heavy (non-hydrogen) atoms. The van der Waals surface area contributed by atoms with Crippen LogP contribution in [0.1, 0.15) is 31.7 Å². The van der Waals surface area contributed by atoms with E-state index in [4.69, 9.17) is 0 Å². The molecule has 1 aromatic carbocycles. The molecule has 3 nitrogen and oxygen atoms in total. The van der Waals surface area contributed by atoms with E-state index in [9.17, 15) is 8.42 Å². The second-order valence-electron chi connectivity index (χ2n) is 5.21.